The highest BCUT2D eigenvalue weighted by Crippen LogP contribution is 2.13. The van der Waals surface area contributed by atoms with E-state index in [0.29, 0.717) is 0 Å². The van der Waals surface area contributed by atoms with Gasteiger partial charge in [0.2, 0.25) is 0 Å². The van der Waals surface area contributed by atoms with Crippen molar-refractivity contribution >= 4 is 11.7 Å². The number of anilines is 1. The first-order chi connectivity index (χ1) is 6.02. The molecule has 0 fully saturated rings. The molecule has 0 atom stereocenters. The molecule has 0 saturated carbocycles. The minimum Gasteiger partial charge on any atom is -0.480 e. The molecule has 0 amide bonds. The SMILES string of the molecule is CC(C)(Nc1ccncc1)C(=O)O. The molecule has 0 radical (unpaired) electrons. The second kappa shape index (κ2) is 3.43. The van der Waals surface area contributed by atoms with Crippen molar-refractivity contribution in [3.63, 3.8) is 0 Å². The van der Waals surface area contributed by atoms with E-state index in [-0.39, 0.29) is 0 Å². The van der Waals surface area contributed by atoms with Gasteiger partial charge in [0.1, 0.15) is 5.54 Å². The molecule has 0 aliphatic rings. The molecule has 0 unspecified atom stereocenters. The van der Waals surface area contributed by atoms with Gasteiger partial charge in [-0.2, -0.15) is 0 Å². The van der Waals surface area contributed by atoms with Crippen molar-refractivity contribution in [1.29, 1.82) is 0 Å². The van der Waals surface area contributed by atoms with Gasteiger partial charge in [-0.1, -0.05) is 0 Å². The van der Waals surface area contributed by atoms with E-state index in [9.17, 15) is 4.79 Å². The van der Waals surface area contributed by atoms with E-state index in [0.717, 1.165) is 5.69 Å². The van der Waals surface area contributed by atoms with Crippen LogP contribution in [-0.4, -0.2) is 21.6 Å². The molecule has 1 aromatic rings. The average Bonchev–Trinajstić information content (AvgIpc) is 2.05. The summed E-state index contributed by atoms with van der Waals surface area (Å²) in [6.45, 7) is 3.21. The third-order valence-corrected chi connectivity index (χ3v) is 1.67. The summed E-state index contributed by atoms with van der Waals surface area (Å²) >= 11 is 0. The maximum Gasteiger partial charge on any atom is 0.328 e. The summed E-state index contributed by atoms with van der Waals surface area (Å²) in [4.78, 5) is 14.6. The van der Waals surface area contributed by atoms with E-state index in [4.69, 9.17) is 5.11 Å². The first kappa shape index (κ1) is 9.51. The van der Waals surface area contributed by atoms with Gasteiger partial charge in [0.15, 0.2) is 0 Å². The summed E-state index contributed by atoms with van der Waals surface area (Å²) < 4.78 is 0. The Labute approximate surface area is 76.6 Å². The fourth-order valence-electron chi connectivity index (χ4n) is 0.850. The van der Waals surface area contributed by atoms with E-state index in [2.05, 4.69) is 10.3 Å². The number of carboxylic acid groups (broad SMARTS) is 1. The van der Waals surface area contributed by atoms with Crippen molar-refractivity contribution in [3.8, 4) is 0 Å². The Morgan fingerprint density at radius 3 is 2.46 bits per heavy atom. The number of rotatable bonds is 3. The summed E-state index contributed by atoms with van der Waals surface area (Å²) in [5.41, 5.74) is -0.205. The molecular weight excluding hydrogens is 168 g/mol. The van der Waals surface area contributed by atoms with Crippen LogP contribution in [0.25, 0.3) is 0 Å². The van der Waals surface area contributed by atoms with Crippen LogP contribution >= 0.6 is 0 Å². The molecule has 0 aromatic carbocycles. The molecule has 4 nitrogen and oxygen atoms in total. The van der Waals surface area contributed by atoms with Crippen molar-refractivity contribution in [2.75, 3.05) is 5.32 Å². The monoisotopic (exact) mass is 180 g/mol. The van der Waals surface area contributed by atoms with Gasteiger partial charge < -0.3 is 10.4 Å². The number of aromatic nitrogens is 1. The molecule has 0 bridgehead atoms. The molecule has 70 valence electrons. The molecule has 2 N–H and O–H groups in total. The van der Waals surface area contributed by atoms with Gasteiger partial charge in [-0.3, -0.25) is 4.98 Å². The number of hydrogen-bond donors (Lipinski definition) is 2. The van der Waals surface area contributed by atoms with Crippen LogP contribution in [0.15, 0.2) is 24.5 Å². The lowest BCUT2D eigenvalue weighted by atomic mass is 10.1. The smallest absolute Gasteiger partial charge is 0.328 e. The zero-order valence-corrected chi connectivity index (χ0v) is 7.61. The summed E-state index contributed by atoms with van der Waals surface area (Å²) in [6, 6.07) is 3.45. The molecule has 0 saturated heterocycles. The summed E-state index contributed by atoms with van der Waals surface area (Å²) in [6.07, 6.45) is 3.22. The van der Waals surface area contributed by atoms with E-state index < -0.39 is 11.5 Å². The standard InChI is InChI=1S/C9H12N2O2/c1-9(2,8(12)13)11-7-3-5-10-6-4-7/h3-6H,1-2H3,(H,10,11)(H,12,13). The van der Waals surface area contributed by atoms with Crippen molar-refractivity contribution in [1.82, 2.24) is 4.98 Å². The average molecular weight is 180 g/mol. The highest BCUT2D eigenvalue weighted by molar-refractivity contribution is 5.81. The fraction of sp³-hybridized carbons (Fsp3) is 0.333. The van der Waals surface area contributed by atoms with E-state index in [1.165, 1.54) is 0 Å². The quantitative estimate of drug-likeness (QED) is 0.737. The van der Waals surface area contributed by atoms with Crippen LogP contribution < -0.4 is 5.32 Å². The number of nitrogens with zero attached hydrogens (tertiary/aromatic N) is 1. The van der Waals surface area contributed by atoms with Gasteiger partial charge in [-0.25, -0.2) is 4.79 Å². The lowest BCUT2D eigenvalue weighted by molar-refractivity contribution is -0.141. The van der Waals surface area contributed by atoms with E-state index >= 15 is 0 Å². The molecule has 1 aromatic heterocycles. The lowest BCUT2D eigenvalue weighted by Crippen LogP contribution is -2.39. The predicted octanol–water partition coefficient (Wildman–Crippen LogP) is 1.36. The number of nitrogens with one attached hydrogen (secondary N) is 1. The zero-order valence-electron chi connectivity index (χ0n) is 7.61. The largest absolute Gasteiger partial charge is 0.480 e. The Balaban J connectivity index is 2.75. The van der Waals surface area contributed by atoms with Crippen LogP contribution in [0, 0.1) is 0 Å². The number of pyridine rings is 1. The lowest BCUT2D eigenvalue weighted by Gasteiger charge is -2.22. The highest BCUT2D eigenvalue weighted by atomic mass is 16.4. The molecule has 4 heteroatoms. The van der Waals surface area contributed by atoms with Gasteiger partial charge in [-0.05, 0) is 26.0 Å². The summed E-state index contributed by atoms with van der Waals surface area (Å²) in [5, 5.41) is 11.7. The second-order valence-corrected chi connectivity index (χ2v) is 3.29. The Morgan fingerprint density at radius 1 is 1.46 bits per heavy atom. The fourth-order valence-corrected chi connectivity index (χ4v) is 0.850. The minimum atomic E-state index is -0.957. The van der Waals surface area contributed by atoms with Crippen LogP contribution in [0.4, 0.5) is 5.69 Å². The molecule has 1 heterocycles. The molecule has 13 heavy (non-hydrogen) atoms. The highest BCUT2D eigenvalue weighted by Gasteiger charge is 2.26. The minimum absolute atomic E-state index is 0.752. The van der Waals surface area contributed by atoms with Crippen LogP contribution in [0.3, 0.4) is 0 Å². The summed E-state index contributed by atoms with van der Waals surface area (Å²) in [5.74, 6) is -0.885. The van der Waals surface area contributed by atoms with Crippen molar-refractivity contribution < 1.29 is 9.90 Å². The Kier molecular flexibility index (Phi) is 2.51. The van der Waals surface area contributed by atoms with Crippen LogP contribution in [-0.2, 0) is 4.79 Å². The molecule has 0 aliphatic heterocycles. The van der Waals surface area contributed by atoms with Gasteiger partial charge in [0, 0.05) is 18.1 Å². The predicted molar refractivity (Wildman–Crippen MR) is 49.6 cm³/mol. The van der Waals surface area contributed by atoms with E-state index in [1.54, 1.807) is 38.4 Å². The van der Waals surface area contributed by atoms with Crippen molar-refractivity contribution in [3.05, 3.63) is 24.5 Å². The van der Waals surface area contributed by atoms with E-state index in [1.807, 2.05) is 0 Å². The Morgan fingerprint density at radius 2 is 2.00 bits per heavy atom. The van der Waals surface area contributed by atoms with Gasteiger partial charge >= 0.3 is 5.97 Å². The first-order valence-electron chi connectivity index (χ1n) is 3.94. The van der Waals surface area contributed by atoms with Crippen LogP contribution in [0.5, 0.6) is 0 Å². The molecule has 1 rings (SSSR count). The molecular formula is C9H12N2O2. The van der Waals surface area contributed by atoms with Gasteiger partial charge in [0.05, 0.1) is 0 Å². The third-order valence-electron chi connectivity index (χ3n) is 1.67. The number of aliphatic carboxylic acids is 1. The van der Waals surface area contributed by atoms with Crippen LogP contribution in [0.2, 0.25) is 0 Å². The van der Waals surface area contributed by atoms with Crippen molar-refractivity contribution in [2.45, 2.75) is 19.4 Å². The Hall–Kier alpha value is -1.58. The second-order valence-electron chi connectivity index (χ2n) is 3.29. The van der Waals surface area contributed by atoms with Crippen LogP contribution in [0.1, 0.15) is 13.8 Å². The number of hydrogen-bond acceptors (Lipinski definition) is 3. The number of carboxylic acids is 1. The molecule has 0 aliphatic carbocycles. The maximum atomic E-state index is 10.7. The Bertz CT molecular complexity index is 296. The number of carbonyl (C=O) groups is 1. The normalized spacial score (nSPS) is 10.9. The first-order valence-corrected chi connectivity index (χ1v) is 3.94. The maximum absolute atomic E-state index is 10.7. The third kappa shape index (κ3) is 2.43. The van der Waals surface area contributed by atoms with Gasteiger partial charge in [-0.15, -0.1) is 0 Å². The topological polar surface area (TPSA) is 62.2 Å². The molecule has 0 spiro atoms. The van der Waals surface area contributed by atoms with Gasteiger partial charge in [0.25, 0.3) is 0 Å². The summed E-state index contributed by atoms with van der Waals surface area (Å²) in [7, 11) is 0. The zero-order chi connectivity index (χ0) is 9.90. The van der Waals surface area contributed by atoms with Crippen molar-refractivity contribution in [2.24, 2.45) is 0 Å².